The number of hydrogen-bond donors (Lipinski definition) is 2. The molecule has 102 valence electrons. The molecular formula is C13H17N3O3. The van der Waals surface area contributed by atoms with Crippen molar-refractivity contribution in [1.82, 2.24) is 10.3 Å². The molecule has 0 aliphatic heterocycles. The van der Waals surface area contributed by atoms with Gasteiger partial charge in [0, 0.05) is 25.8 Å². The van der Waals surface area contributed by atoms with Crippen LogP contribution in [0.3, 0.4) is 0 Å². The summed E-state index contributed by atoms with van der Waals surface area (Å²) in [6.07, 6.45) is 0.433. The average Bonchev–Trinajstić information content (AvgIpc) is 2.78. The summed E-state index contributed by atoms with van der Waals surface area (Å²) in [6, 6.07) is 5.37. The number of hydrogen-bond acceptors (Lipinski definition) is 5. The van der Waals surface area contributed by atoms with Crippen molar-refractivity contribution in [3.05, 3.63) is 24.1 Å². The number of carbonyl (C=O) groups excluding carboxylic acids is 1. The smallest absolute Gasteiger partial charge is 0.225 e. The number of ether oxygens (including phenoxy) is 1. The number of oxazole rings is 1. The van der Waals surface area contributed by atoms with Crippen molar-refractivity contribution in [3.8, 4) is 0 Å². The van der Waals surface area contributed by atoms with E-state index < -0.39 is 0 Å². The topological polar surface area (TPSA) is 76.4 Å². The summed E-state index contributed by atoms with van der Waals surface area (Å²) in [5.74, 6) is 0.491. The number of benzene rings is 1. The van der Waals surface area contributed by atoms with Gasteiger partial charge in [-0.25, -0.2) is 4.98 Å². The maximum atomic E-state index is 11.6. The molecule has 0 unspecified atom stereocenters. The van der Waals surface area contributed by atoms with Crippen LogP contribution in [0.4, 0.5) is 5.69 Å². The van der Waals surface area contributed by atoms with Gasteiger partial charge in [0.1, 0.15) is 12.1 Å². The number of nitrogens with zero attached hydrogens (tertiary/aromatic N) is 1. The quantitative estimate of drug-likeness (QED) is 0.826. The Morgan fingerprint density at radius 3 is 3.05 bits per heavy atom. The predicted molar refractivity (Wildman–Crippen MR) is 71.9 cm³/mol. The Morgan fingerprint density at radius 2 is 2.32 bits per heavy atom. The SMILES string of the molecule is CNCCC(=O)Nc1ccc2oc(COC)nc2c1. The fraction of sp³-hybridized carbons (Fsp3) is 0.385. The summed E-state index contributed by atoms with van der Waals surface area (Å²) in [5, 5.41) is 5.75. The molecule has 0 spiro atoms. The summed E-state index contributed by atoms with van der Waals surface area (Å²) in [5.41, 5.74) is 2.10. The maximum absolute atomic E-state index is 11.6. The molecule has 1 amide bonds. The highest BCUT2D eigenvalue weighted by Crippen LogP contribution is 2.20. The van der Waals surface area contributed by atoms with E-state index in [0.717, 1.165) is 0 Å². The van der Waals surface area contributed by atoms with Crippen molar-refractivity contribution in [1.29, 1.82) is 0 Å². The second kappa shape index (κ2) is 6.31. The molecule has 0 aliphatic carbocycles. The monoisotopic (exact) mass is 263 g/mol. The highest BCUT2D eigenvalue weighted by Gasteiger charge is 2.07. The first kappa shape index (κ1) is 13.5. The normalized spacial score (nSPS) is 10.8. The highest BCUT2D eigenvalue weighted by molar-refractivity contribution is 5.92. The summed E-state index contributed by atoms with van der Waals surface area (Å²) >= 11 is 0. The van der Waals surface area contributed by atoms with Gasteiger partial charge >= 0.3 is 0 Å². The van der Waals surface area contributed by atoms with E-state index in [2.05, 4.69) is 15.6 Å². The number of methoxy groups -OCH3 is 1. The summed E-state index contributed by atoms with van der Waals surface area (Å²) in [4.78, 5) is 15.9. The Morgan fingerprint density at radius 1 is 1.47 bits per heavy atom. The van der Waals surface area contributed by atoms with E-state index in [4.69, 9.17) is 9.15 Å². The van der Waals surface area contributed by atoms with Crippen LogP contribution in [-0.2, 0) is 16.1 Å². The van der Waals surface area contributed by atoms with Crippen LogP contribution in [0.15, 0.2) is 22.6 Å². The van der Waals surface area contributed by atoms with Crippen LogP contribution in [0, 0.1) is 0 Å². The fourth-order valence-electron chi connectivity index (χ4n) is 1.70. The largest absolute Gasteiger partial charge is 0.438 e. The molecule has 1 heterocycles. The van der Waals surface area contributed by atoms with E-state index in [0.29, 0.717) is 42.3 Å². The third-order valence-corrected chi connectivity index (χ3v) is 2.59. The van der Waals surface area contributed by atoms with Gasteiger partial charge in [0.2, 0.25) is 11.8 Å². The molecular weight excluding hydrogens is 246 g/mol. The lowest BCUT2D eigenvalue weighted by atomic mass is 10.2. The molecule has 6 nitrogen and oxygen atoms in total. The molecule has 0 saturated heterocycles. The first-order chi connectivity index (χ1) is 9.22. The Hall–Kier alpha value is -1.92. The Kier molecular flexibility index (Phi) is 4.48. The van der Waals surface area contributed by atoms with Crippen molar-refractivity contribution in [2.75, 3.05) is 26.0 Å². The molecule has 2 aromatic rings. The number of carbonyl (C=O) groups is 1. The van der Waals surface area contributed by atoms with Crippen molar-refractivity contribution < 1.29 is 13.9 Å². The van der Waals surface area contributed by atoms with Crippen LogP contribution in [0.25, 0.3) is 11.1 Å². The number of nitrogens with one attached hydrogen (secondary N) is 2. The number of rotatable bonds is 6. The first-order valence-corrected chi connectivity index (χ1v) is 6.06. The minimum Gasteiger partial charge on any atom is -0.438 e. The van der Waals surface area contributed by atoms with Crippen LogP contribution in [-0.4, -0.2) is 31.6 Å². The third kappa shape index (κ3) is 3.52. The highest BCUT2D eigenvalue weighted by atomic mass is 16.5. The van der Waals surface area contributed by atoms with Gasteiger partial charge in [-0.05, 0) is 25.2 Å². The molecule has 1 aromatic carbocycles. The second-order valence-corrected chi connectivity index (χ2v) is 4.12. The van der Waals surface area contributed by atoms with Gasteiger partial charge in [0.25, 0.3) is 0 Å². The molecule has 6 heteroatoms. The lowest BCUT2D eigenvalue weighted by Crippen LogP contribution is -2.18. The van der Waals surface area contributed by atoms with Crippen LogP contribution in [0.1, 0.15) is 12.3 Å². The average molecular weight is 263 g/mol. The van der Waals surface area contributed by atoms with Gasteiger partial charge in [0.05, 0.1) is 0 Å². The molecule has 0 fully saturated rings. The van der Waals surface area contributed by atoms with Crippen LogP contribution in [0.5, 0.6) is 0 Å². The lowest BCUT2D eigenvalue weighted by Gasteiger charge is -2.04. The van der Waals surface area contributed by atoms with Gasteiger partial charge in [-0.15, -0.1) is 0 Å². The lowest BCUT2D eigenvalue weighted by molar-refractivity contribution is -0.116. The number of amides is 1. The van der Waals surface area contributed by atoms with E-state index >= 15 is 0 Å². The van der Waals surface area contributed by atoms with Crippen molar-refractivity contribution in [2.24, 2.45) is 0 Å². The molecule has 0 atom stereocenters. The molecule has 0 radical (unpaired) electrons. The molecule has 0 aliphatic rings. The molecule has 2 N–H and O–H groups in total. The number of fused-ring (bicyclic) bond motifs is 1. The number of aromatic nitrogens is 1. The molecule has 1 aromatic heterocycles. The van der Waals surface area contributed by atoms with Crippen LogP contribution >= 0.6 is 0 Å². The zero-order valence-corrected chi connectivity index (χ0v) is 11.0. The van der Waals surface area contributed by atoms with Crippen LogP contribution in [0.2, 0.25) is 0 Å². The Bertz CT molecular complexity index is 565. The Labute approximate surface area is 111 Å². The first-order valence-electron chi connectivity index (χ1n) is 6.06. The standard InChI is InChI=1S/C13H17N3O3/c1-14-6-5-12(17)15-9-3-4-11-10(7-9)16-13(19-11)8-18-2/h3-4,7,14H,5-6,8H2,1-2H3,(H,15,17). The summed E-state index contributed by atoms with van der Waals surface area (Å²) < 4.78 is 10.4. The predicted octanol–water partition coefficient (Wildman–Crippen LogP) is 1.52. The zero-order valence-electron chi connectivity index (χ0n) is 11.0. The Balaban J connectivity index is 2.10. The minimum atomic E-state index is -0.0330. The van der Waals surface area contributed by atoms with E-state index in [-0.39, 0.29) is 5.91 Å². The molecule has 2 rings (SSSR count). The fourth-order valence-corrected chi connectivity index (χ4v) is 1.70. The van der Waals surface area contributed by atoms with Crippen LogP contribution < -0.4 is 10.6 Å². The van der Waals surface area contributed by atoms with E-state index in [1.807, 2.05) is 7.05 Å². The van der Waals surface area contributed by atoms with Crippen molar-refractivity contribution in [2.45, 2.75) is 13.0 Å². The van der Waals surface area contributed by atoms with Crippen molar-refractivity contribution in [3.63, 3.8) is 0 Å². The summed E-state index contributed by atoms with van der Waals surface area (Å²) in [7, 11) is 3.40. The maximum Gasteiger partial charge on any atom is 0.225 e. The van der Waals surface area contributed by atoms with Gasteiger partial charge in [-0.3, -0.25) is 4.79 Å². The van der Waals surface area contributed by atoms with E-state index in [9.17, 15) is 4.79 Å². The third-order valence-electron chi connectivity index (χ3n) is 2.59. The second-order valence-electron chi connectivity index (χ2n) is 4.12. The van der Waals surface area contributed by atoms with Gasteiger partial charge in [-0.1, -0.05) is 0 Å². The molecule has 19 heavy (non-hydrogen) atoms. The zero-order chi connectivity index (χ0) is 13.7. The summed E-state index contributed by atoms with van der Waals surface area (Å²) in [6.45, 7) is 0.981. The molecule has 0 bridgehead atoms. The van der Waals surface area contributed by atoms with E-state index in [1.165, 1.54) is 0 Å². The van der Waals surface area contributed by atoms with Gasteiger partial charge in [-0.2, -0.15) is 0 Å². The minimum absolute atomic E-state index is 0.0330. The van der Waals surface area contributed by atoms with E-state index in [1.54, 1.807) is 25.3 Å². The van der Waals surface area contributed by atoms with Gasteiger partial charge < -0.3 is 19.8 Å². The molecule has 0 saturated carbocycles. The number of anilines is 1. The van der Waals surface area contributed by atoms with Crippen molar-refractivity contribution >= 4 is 22.7 Å². The van der Waals surface area contributed by atoms with Gasteiger partial charge in [0.15, 0.2) is 5.58 Å².